The summed E-state index contributed by atoms with van der Waals surface area (Å²) in [5.74, 6) is 0.640. The molecule has 3 heterocycles. The standard InChI is InChI=1S/C19H18N4O/c1-23-13-21-17-6-5-14(11-18(17)23)12-24-19-4-2-3-16(22-19)15-7-9-20-10-8-15/h2-7,10-11,13H,8-9,12H2,1H3. The van der Waals surface area contributed by atoms with E-state index in [1.165, 1.54) is 5.57 Å². The summed E-state index contributed by atoms with van der Waals surface area (Å²) in [4.78, 5) is 13.2. The molecule has 120 valence electrons. The van der Waals surface area contributed by atoms with Crippen molar-refractivity contribution in [3.8, 4) is 5.88 Å². The van der Waals surface area contributed by atoms with Crippen molar-refractivity contribution in [1.29, 1.82) is 0 Å². The topological polar surface area (TPSA) is 52.3 Å². The molecule has 0 unspecified atom stereocenters. The van der Waals surface area contributed by atoms with E-state index >= 15 is 0 Å². The monoisotopic (exact) mass is 318 g/mol. The van der Waals surface area contributed by atoms with Gasteiger partial charge in [0, 0.05) is 25.7 Å². The van der Waals surface area contributed by atoms with E-state index in [0.717, 1.165) is 35.3 Å². The van der Waals surface area contributed by atoms with Gasteiger partial charge in [-0.1, -0.05) is 18.2 Å². The summed E-state index contributed by atoms with van der Waals surface area (Å²) in [7, 11) is 1.99. The van der Waals surface area contributed by atoms with E-state index in [1.54, 1.807) is 0 Å². The van der Waals surface area contributed by atoms with E-state index in [-0.39, 0.29) is 0 Å². The van der Waals surface area contributed by atoms with Gasteiger partial charge in [0.25, 0.3) is 0 Å². The number of hydrogen-bond acceptors (Lipinski definition) is 4. The fourth-order valence-corrected chi connectivity index (χ4v) is 2.79. The van der Waals surface area contributed by atoms with E-state index in [2.05, 4.69) is 27.1 Å². The van der Waals surface area contributed by atoms with Crippen molar-refractivity contribution in [2.75, 3.05) is 6.54 Å². The van der Waals surface area contributed by atoms with Gasteiger partial charge >= 0.3 is 0 Å². The third-order valence-electron chi connectivity index (χ3n) is 4.11. The van der Waals surface area contributed by atoms with Crippen LogP contribution in [-0.4, -0.2) is 27.3 Å². The summed E-state index contributed by atoms with van der Waals surface area (Å²) in [6.45, 7) is 1.21. The Bertz CT molecular complexity index is 939. The van der Waals surface area contributed by atoms with Crippen molar-refractivity contribution in [3.63, 3.8) is 0 Å². The third kappa shape index (κ3) is 2.93. The SMILES string of the molecule is Cn1cnc2ccc(COc3cccc(C4=CCN=CC4)n3)cc21. The maximum absolute atomic E-state index is 5.89. The molecule has 0 radical (unpaired) electrons. The number of hydrogen-bond donors (Lipinski definition) is 0. The van der Waals surface area contributed by atoms with Gasteiger partial charge in [-0.05, 0) is 29.3 Å². The molecule has 3 aromatic rings. The molecule has 0 bridgehead atoms. The van der Waals surface area contributed by atoms with Crippen LogP contribution in [0.3, 0.4) is 0 Å². The first kappa shape index (κ1) is 14.6. The molecule has 2 aromatic heterocycles. The van der Waals surface area contributed by atoms with Crippen LogP contribution in [0.25, 0.3) is 16.6 Å². The van der Waals surface area contributed by atoms with Crippen LogP contribution in [0.4, 0.5) is 0 Å². The maximum Gasteiger partial charge on any atom is 0.214 e. The highest BCUT2D eigenvalue weighted by atomic mass is 16.5. The summed E-state index contributed by atoms with van der Waals surface area (Å²) in [6.07, 6.45) is 6.70. The minimum atomic E-state index is 0.484. The number of aliphatic imine (C=N–C) groups is 1. The molecule has 5 heteroatoms. The predicted octanol–water partition coefficient (Wildman–Crippen LogP) is 3.41. The molecule has 5 nitrogen and oxygen atoms in total. The largest absolute Gasteiger partial charge is 0.473 e. The Kier molecular flexibility index (Phi) is 3.83. The molecule has 0 atom stereocenters. The lowest BCUT2D eigenvalue weighted by molar-refractivity contribution is 0.294. The number of aryl methyl sites for hydroxylation is 1. The molecule has 0 N–H and O–H groups in total. The molecule has 0 spiro atoms. The lowest BCUT2D eigenvalue weighted by Crippen LogP contribution is -2.01. The lowest BCUT2D eigenvalue weighted by Gasteiger charge is -2.10. The maximum atomic E-state index is 5.89. The van der Waals surface area contributed by atoms with E-state index in [4.69, 9.17) is 4.74 Å². The first-order chi connectivity index (χ1) is 11.8. The Morgan fingerprint density at radius 1 is 1.21 bits per heavy atom. The van der Waals surface area contributed by atoms with Crippen molar-refractivity contribution in [3.05, 3.63) is 60.1 Å². The zero-order valence-corrected chi connectivity index (χ0v) is 13.5. The number of fused-ring (bicyclic) bond motifs is 1. The van der Waals surface area contributed by atoms with Crippen LogP contribution in [0.15, 0.2) is 53.8 Å². The van der Waals surface area contributed by atoms with Gasteiger partial charge in [0.1, 0.15) is 6.61 Å². The zero-order chi connectivity index (χ0) is 16.4. The minimum Gasteiger partial charge on any atom is -0.473 e. The van der Waals surface area contributed by atoms with Crippen molar-refractivity contribution in [2.24, 2.45) is 12.0 Å². The van der Waals surface area contributed by atoms with Crippen LogP contribution in [-0.2, 0) is 13.7 Å². The van der Waals surface area contributed by atoms with Gasteiger partial charge in [-0.3, -0.25) is 4.99 Å². The first-order valence-corrected chi connectivity index (χ1v) is 7.97. The molecule has 24 heavy (non-hydrogen) atoms. The lowest BCUT2D eigenvalue weighted by atomic mass is 10.1. The Balaban J connectivity index is 1.50. The normalized spacial score (nSPS) is 14.0. The van der Waals surface area contributed by atoms with Gasteiger partial charge < -0.3 is 9.30 Å². The van der Waals surface area contributed by atoms with Crippen LogP contribution in [0.1, 0.15) is 17.7 Å². The van der Waals surface area contributed by atoms with Crippen molar-refractivity contribution < 1.29 is 4.74 Å². The van der Waals surface area contributed by atoms with E-state index in [1.807, 2.05) is 54.5 Å². The van der Waals surface area contributed by atoms with Crippen molar-refractivity contribution >= 4 is 22.8 Å². The quantitative estimate of drug-likeness (QED) is 0.741. The van der Waals surface area contributed by atoms with E-state index < -0.39 is 0 Å². The average molecular weight is 318 g/mol. The van der Waals surface area contributed by atoms with Gasteiger partial charge in [-0.15, -0.1) is 0 Å². The highest BCUT2D eigenvalue weighted by Gasteiger charge is 2.07. The predicted molar refractivity (Wildman–Crippen MR) is 95.2 cm³/mol. The summed E-state index contributed by atoms with van der Waals surface area (Å²) in [6, 6.07) is 12.0. The molecular weight excluding hydrogens is 300 g/mol. The van der Waals surface area contributed by atoms with Gasteiger partial charge in [0.05, 0.1) is 29.6 Å². The highest BCUT2D eigenvalue weighted by molar-refractivity contribution is 5.80. The summed E-state index contributed by atoms with van der Waals surface area (Å²) >= 11 is 0. The number of dihydropyridines is 1. The number of imidazole rings is 1. The summed E-state index contributed by atoms with van der Waals surface area (Å²) in [5, 5.41) is 0. The second-order valence-corrected chi connectivity index (χ2v) is 5.81. The molecule has 4 rings (SSSR count). The molecule has 1 aromatic carbocycles. The smallest absolute Gasteiger partial charge is 0.214 e. The Morgan fingerprint density at radius 3 is 3.04 bits per heavy atom. The fourth-order valence-electron chi connectivity index (χ4n) is 2.79. The van der Waals surface area contributed by atoms with Gasteiger partial charge in [-0.2, -0.15) is 0 Å². The molecule has 1 aliphatic heterocycles. The molecule has 0 aliphatic carbocycles. The number of benzene rings is 1. The molecule has 0 saturated heterocycles. The zero-order valence-electron chi connectivity index (χ0n) is 13.5. The number of rotatable bonds is 4. The third-order valence-corrected chi connectivity index (χ3v) is 4.11. The van der Waals surface area contributed by atoms with Crippen LogP contribution in [0, 0.1) is 0 Å². The number of pyridine rings is 1. The Morgan fingerprint density at radius 2 is 2.17 bits per heavy atom. The molecule has 1 aliphatic rings. The second kappa shape index (κ2) is 6.28. The average Bonchev–Trinajstić information content (AvgIpc) is 3.02. The minimum absolute atomic E-state index is 0.484. The molecular formula is C19H18N4O. The van der Waals surface area contributed by atoms with Crippen LogP contribution < -0.4 is 4.74 Å². The number of aromatic nitrogens is 3. The number of allylic oxidation sites excluding steroid dienone is 1. The van der Waals surface area contributed by atoms with Gasteiger partial charge in [0.15, 0.2) is 0 Å². The Hall–Kier alpha value is -2.95. The Labute approximate surface area is 140 Å². The second-order valence-electron chi connectivity index (χ2n) is 5.81. The van der Waals surface area contributed by atoms with E-state index in [0.29, 0.717) is 12.5 Å². The number of ether oxygens (including phenoxy) is 1. The molecule has 0 fully saturated rings. The van der Waals surface area contributed by atoms with Crippen LogP contribution in [0.5, 0.6) is 5.88 Å². The van der Waals surface area contributed by atoms with Gasteiger partial charge in [0.2, 0.25) is 5.88 Å². The van der Waals surface area contributed by atoms with Gasteiger partial charge in [-0.25, -0.2) is 9.97 Å². The summed E-state index contributed by atoms with van der Waals surface area (Å²) < 4.78 is 7.90. The molecule has 0 saturated carbocycles. The fraction of sp³-hybridized carbons (Fsp3) is 0.211. The first-order valence-electron chi connectivity index (χ1n) is 7.97. The highest BCUT2D eigenvalue weighted by Crippen LogP contribution is 2.21. The van der Waals surface area contributed by atoms with Crippen LogP contribution >= 0.6 is 0 Å². The number of nitrogens with zero attached hydrogens (tertiary/aromatic N) is 4. The van der Waals surface area contributed by atoms with Crippen LogP contribution in [0.2, 0.25) is 0 Å². The summed E-state index contributed by atoms with van der Waals surface area (Å²) in [5.41, 5.74) is 5.35. The van der Waals surface area contributed by atoms with Crippen molar-refractivity contribution in [2.45, 2.75) is 13.0 Å². The van der Waals surface area contributed by atoms with Crippen molar-refractivity contribution in [1.82, 2.24) is 14.5 Å². The molecule has 0 amide bonds. The van der Waals surface area contributed by atoms with E-state index in [9.17, 15) is 0 Å².